The predicted octanol–water partition coefficient (Wildman–Crippen LogP) is 3.61. The van der Waals surface area contributed by atoms with Gasteiger partial charge in [0.25, 0.3) is 0 Å². The van der Waals surface area contributed by atoms with Gasteiger partial charge in [0.2, 0.25) is 0 Å². The fourth-order valence-corrected chi connectivity index (χ4v) is 2.34. The number of nitrogens with one attached hydrogen (secondary N) is 1. The Morgan fingerprint density at radius 1 is 1.14 bits per heavy atom. The van der Waals surface area contributed by atoms with Gasteiger partial charge in [-0.3, -0.25) is 0 Å². The number of halogens is 2. The van der Waals surface area contributed by atoms with E-state index in [-0.39, 0.29) is 6.04 Å². The van der Waals surface area contributed by atoms with E-state index < -0.39 is 11.6 Å². The first-order valence-electron chi connectivity index (χ1n) is 6.63. The molecule has 0 fully saturated rings. The second-order valence-corrected chi connectivity index (χ2v) is 4.82. The van der Waals surface area contributed by atoms with E-state index in [1.165, 1.54) is 12.1 Å². The molecule has 3 nitrogen and oxygen atoms in total. The Bertz CT molecular complexity index is 717. The molecular weight excluding hydrogens is 274 g/mol. The van der Waals surface area contributed by atoms with Crippen LogP contribution >= 0.6 is 0 Å². The zero-order valence-electron chi connectivity index (χ0n) is 11.4. The summed E-state index contributed by atoms with van der Waals surface area (Å²) in [4.78, 5) is 4.38. The van der Waals surface area contributed by atoms with E-state index in [4.69, 9.17) is 4.42 Å². The fourth-order valence-electron chi connectivity index (χ4n) is 2.34. The molecule has 1 atom stereocenters. The zero-order chi connectivity index (χ0) is 14.8. The summed E-state index contributed by atoms with van der Waals surface area (Å²) in [6.45, 7) is 0. The Kier molecular flexibility index (Phi) is 3.66. The molecule has 0 aliphatic rings. The van der Waals surface area contributed by atoms with Crippen molar-refractivity contribution in [2.75, 3.05) is 7.05 Å². The van der Waals surface area contributed by atoms with Crippen LogP contribution in [0.5, 0.6) is 0 Å². The highest BCUT2D eigenvalue weighted by molar-refractivity contribution is 5.72. The average Bonchev–Trinajstić information content (AvgIpc) is 2.86. The van der Waals surface area contributed by atoms with Crippen molar-refractivity contribution in [3.05, 3.63) is 65.6 Å². The summed E-state index contributed by atoms with van der Waals surface area (Å²) in [7, 11) is 1.73. The highest BCUT2D eigenvalue weighted by Gasteiger charge is 2.16. The third-order valence-electron chi connectivity index (χ3n) is 3.35. The molecule has 1 N–H and O–H groups in total. The van der Waals surface area contributed by atoms with E-state index in [1.807, 2.05) is 24.3 Å². The van der Waals surface area contributed by atoms with Gasteiger partial charge in [0.1, 0.15) is 17.2 Å². The first-order valence-corrected chi connectivity index (χ1v) is 6.63. The Labute approximate surface area is 120 Å². The number of fused-ring (bicyclic) bond motifs is 1. The largest absolute Gasteiger partial charge is 0.441 e. The minimum absolute atomic E-state index is 0.275. The lowest BCUT2D eigenvalue weighted by atomic mass is 10.0. The third kappa shape index (κ3) is 2.92. The normalized spacial score (nSPS) is 12.7. The van der Waals surface area contributed by atoms with Gasteiger partial charge in [-0.05, 0) is 36.9 Å². The van der Waals surface area contributed by atoms with Crippen LogP contribution in [0.1, 0.15) is 17.5 Å². The van der Waals surface area contributed by atoms with Crippen LogP contribution in [0.4, 0.5) is 8.78 Å². The van der Waals surface area contributed by atoms with Crippen molar-refractivity contribution in [1.82, 2.24) is 10.3 Å². The van der Waals surface area contributed by atoms with Gasteiger partial charge in [-0.2, -0.15) is 0 Å². The van der Waals surface area contributed by atoms with E-state index in [1.54, 1.807) is 7.05 Å². The third-order valence-corrected chi connectivity index (χ3v) is 3.35. The number of likely N-dealkylation sites (N-methyl/N-ethyl adjacent to an activating group) is 1. The van der Waals surface area contributed by atoms with Crippen molar-refractivity contribution in [3.8, 4) is 0 Å². The van der Waals surface area contributed by atoms with Gasteiger partial charge in [0, 0.05) is 18.5 Å². The quantitative estimate of drug-likeness (QED) is 0.797. The lowest BCUT2D eigenvalue weighted by Gasteiger charge is -2.15. The predicted molar refractivity (Wildman–Crippen MR) is 75.9 cm³/mol. The second kappa shape index (κ2) is 5.61. The molecule has 0 saturated heterocycles. The van der Waals surface area contributed by atoms with Gasteiger partial charge in [-0.25, -0.2) is 13.8 Å². The van der Waals surface area contributed by atoms with Crippen LogP contribution in [-0.4, -0.2) is 12.0 Å². The summed E-state index contributed by atoms with van der Waals surface area (Å²) in [5.74, 6) is -0.661. The van der Waals surface area contributed by atoms with Crippen molar-refractivity contribution in [2.45, 2.75) is 12.5 Å². The van der Waals surface area contributed by atoms with Gasteiger partial charge in [0.15, 0.2) is 11.5 Å². The van der Waals surface area contributed by atoms with Crippen LogP contribution in [0.3, 0.4) is 0 Å². The van der Waals surface area contributed by atoms with Crippen molar-refractivity contribution >= 4 is 11.1 Å². The number of para-hydroxylation sites is 2. The van der Waals surface area contributed by atoms with E-state index in [0.717, 1.165) is 11.6 Å². The standard InChI is InChI=1S/C16H14F2N2O/c1-19-14(10-6-11(17)8-12(18)7-10)9-16-20-13-4-2-3-5-15(13)21-16/h2-8,14,19H,9H2,1H3. The van der Waals surface area contributed by atoms with Gasteiger partial charge in [-0.1, -0.05) is 12.1 Å². The molecule has 0 saturated carbocycles. The summed E-state index contributed by atoms with van der Waals surface area (Å²) >= 11 is 0. The lowest BCUT2D eigenvalue weighted by molar-refractivity contribution is 0.469. The number of hydrogen-bond acceptors (Lipinski definition) is 3. The smallest absolute Gasteiger partial charge is 0.197 e. The van der Waals surface area contributed by atoms with E-state index >= 15 is 0 Å². The number of hydrogen-bond donors (Lipinski definition) is 1. The first kappa shape index (κ1) is 13.7. The number of oxazole rings is 1. The van der Waals surface area contributed by atoms with Crippen molar-refractivity contribution in [2.24, 2.45) is 0 Å². The van der Waals surface area contributed by atoms with Crippen LogP contribution in [0.2, 0.25) is 0 Å². The average molecular weight is 288 g/mol. The monoisotopic (exact) mass is 288 g/mol. The minimum Gasteiger partial charge on any atom is -0.441 e. The Morgan fingerprint density at radius 3 is 2.52 bits per heavy atom. The molecule has 1 aromatic heterocycles. The van der Waals surface area contributed by atoms with Crippen molar-refractivity contribution in [3.63, 3.8) is 0 Å². The van der Waals surface area contributed by atoms with Gasteiger partial charge in [-0.15, -0.1) is 0 Å². The molecule has 108 valence electrons. The van der Waals surface area contributed by atoms with Crippen LogP contribution in [-0.2, 0) is 6.42 Å². The van der Waals surface area contributed by atoms with Crippen LogP contribution < -0.4 is 5.32 Å². The summed E-state index contributed by atoms with van der Waals surface area (Å²) < 4.78 is 32.3. The molecule has 0 radical (unpaired) electrons. The molecule has 5 heteroatoms. The first-order chi connectivity index (χ1) is 10.2. The number of rotatable bonds is 4. The highest BCUT2D eigenvalue weighted by Crippen LogP contribution is 2.22. The van der Waals surface area contributed by atoms with Crippen LogP contribution in [0.25, 0.3) is 11.1 Å². The maximum absolute atomic E-state index is 13.3. The Hall–Kier alpha value is -2.27. The fraction of sp³-hybridized carbons (Fsp3) is 0.188. The molecule has 1 heterocycles. The molecule has 0 amide bonds. The van der Waals surface area contributed by atoms with E-state index in [2.05, 4.69) is 10.3 Å². The van der Waals surface area contributed by atoms with E-state index in [9.17, 15) is 8.78 Å². The number of aromatic nitrogens is 1. The van der Waals surface area contributed by atoms with Gasteiger partial charge < -0.3 is 9.73 Å². The summed E-state index contributed by atoms with van der Waals surface area (Å²) in [6, 6.07) is 10.7. The molecule has 3 aromatic rings. The molecular formula is C16H14F2N2O. The second-order valence-electron chi connectivity index (χ2n) is 4.82. The van der Waals surface area contributed by atoms with Gasteiger partial charge >= 0.3 is 0 Å². The molecule has 3 rings (SSSR count). The summed E-state index contributed by atoms with van der Waals surface area (Å²) in [6.07, 6.45) is 0.411. The Balaban J connectivity index is 1.89. The van der Waals surface area contributed by atoms with Crippen LogP contribution in [0.15, 0.2) is 46.9 Å². The maximum Gasteiger partial charge on any atom is 0.197 e. The van der Waals surface area contributed by atoms with Crippen LogP contribution in [0, 0.1) is 11.6 Å². The lowest BCUT2D eigenvalue weighted by Crippen LogP contribution is -2.19. The molecule has 2 aromatic carbocycles. The Morgan fingerprint density at radius 2 is 1.86 bits per heavy atom. The number of benzene rings is 2. The minimum atomic E-state index is -0.595. The maximum atomic E-state index is 13.3. The van der Waals surface area contributed by atoms with Crippen molar-refractivity contribution < 1.29 is 13.2 Å². The molecule has 21 heavy (non-hydrogen) atoms. The zero-order valence-corrected chi connectivity index (χ0v) is 11.4. The molecule has 0 bridgehead atoms. The molecule has 0 spiro atoms. The molecule has 0 aliphatic heterocycles. The molecule has 1 unspecified atom stereocenters. The number of nitrogens with zero attached hydrogens (tertiary/aromatic N) is 1. The van der Waals surface area contributed by atoms with E-state index in [0.29, 0.717) is 23.5 Å². The SMILES string of the molecule is CNC(Cc1nc2ccccc2o1)c1cc(F)cc(F)c1. The summed E-state index contributed by atoms with van der Waals surface area (Å²) in [5, 5.41) is 3.03. The molecule has 0 aliphatic carbocycles. The highest BCUT2D eigenvalue weighted by atomic mass is 19.1. The topological polar surface area (TPSA) is 38.1 Å². The van der Waals surface area contributed by atoms with Gasteiger partial charge in [0.05, 0.1) is 0 Å². The summed E-state index contributed by atoms with van der Waals surface area (Å²) in [5.41, 5.74) is 2.00. The van der Waals surface area contributed by atoms with Crippen molar-refractivity contribution in [1.29, 1.82) is 0 Å².